The molecule has 0 aliphatic carbocycles. The predicted octanol–water partition coefficient (Wildman–Crippen LogP) is 5.20. The Hall–Kier alpha value is -2.11. The second kappa shape index (κ2) is 7.64. The van der Waals surface area contributed by atoms with Crippen LogP contribution < -0.4 is 0 Å². The number of carbonyl (C=O) groups is 2. The topological polar surface area (TPSA) is 37.4 Å². The largest absolute Gasteiger partial charge is 0.293 e. The van der Waals surface area contributed by atoms with Gasteiger partial charge in [-0.05, 0) is 35.0 Å². The molecule has 0 radical (unpaired) electrons. The third kappa shape index (κ3) is 4.04. The summed E-state index contributed by atoms with van der Waals surface area (Å²) in [5.74, 6) is -0.257. The second-order valence-electron chi connectivity index (χ2n) is 5.19. The van der Waals surface area contributed by atoms with Gasteiger partial charge in [0, 0.05) is 4.48 Å². The van der Waals surface area contributed by atoms with Crippen molar-refractivity contribution in [2.45, 2.75) is 6.54 Å². The molecule has 1 saturated heterocycles. The fourth-order valence-corrected chi connectivity index (χ4v) is 3.75. The van der Waals surface area contributed by atoms with E-state index in [2.05, 4.69) is 15.9 Å². The van der Waals surface area contributed by atoms with Gasteiger partial charge in [-0.3, -0.25) is 14.5 Å². The molecular weight excluding hydrogens is 386 g/mol. The maximum absolute atomic E-state index is 12.5. The molecule has 3 nitrogen and oxygen atoms in total. The number of hydrogen-bond acceptors (Lipinski definition) is 3. The highest BCUT2D eigenvalue weighted by molar-refractivity contribution is 9.12. The molecule has 0 bridgehead atoms. The van der Waals surface area contributed by atoms with E-state index in [1.165, 1.54) is 4.90 Å². The summed E-state index contributed by atoms with van der Waals surface area (Å²) in [4.78, 5) is 26.3. The van der Waals surface area contributed by atoms with E-state index in [4.69, 9.17) is 0 Å². The van der Waals surface area contributed by atoms with Crippen molar-refractivity contribution in [1.82, 2.24) is 4.90 Å². The van der Waals surface area contributed by atoms with E-state index in [0.717, 1.165) is 27.4 Å². The third-order valence-corrected chi connectivity index (χ3v) is 4.80. The SMILES string of the molecule is O=C1S/C(=C\C(Br)=C\c2ccccc2)C(=O)N1Cc1ccccc1. The van der Waals surface area contributed by atoms with Gasteiger partial charge in [0.2, 0.25) is 0 Å². The zero-order chi connectivity index (χ0) is 16.9. The molecule has 0 unspecified atom stereocenters. The molecular formula is C19H14BrNO2S. The second-order valence-corrected chi connectivity index (χ2v) is 7.10. The molecule has 0 aromatic heterocycles. The van der Waals surface area contributed by atoms with Gasteiger partial charge in [0.05, 0.1) is 11.4 Å². The lowest BCUT2D eigenvalue weighted by Crippen LogP contribution is -2.27. The van der Waals surface area contributed by atoms with Crippen LogP contribution in [0.15, 0.2) is 76.1 Å². The van der Waals surface area contributed by atoms with Crippen molar-refractivity contribution in [3.05, 3.63) is 87.3 Å². The molecule has 24 heavy (non-hydrogen) atoms. The Morgan fingerprint density at radius 1 is 1.00 bits per heavy atom. The fourth-order valence-electron chi connectivity index (χ4n) is 2.28. The minimum atomic E-state index is -0.257. The van der Waals surface area contributed by atoms with E-state index < -0.39 is 0 Å². The molecule has 1 aliphatic rings. The van der Waals surface area contributed by atoms with Crippen LogP contribution in [0, 0.1) is 0 Å². The Morgan fingerprint density at radius 2 is 1.62 bits per heavy atom. The molecule has 0 spiro atoms. The van der Waals surface area contributed by atoms with Gasteiger partial charge in [0.1, 0.15) is 0 Å². The van der Waals surface area contributed by atoms with Gasteiger partial charge < -0.3 is 0 Å². The number of benzene rings is 2. The normalized spacial score (nSPS) is 17.0. The summed E-state index contributed by atoms with van der Waals surface area (Å²) in [6.45, 7) is 0.295. The van der Waals surface area contributed by atoms with Crippen LogP contribution in [-0.4, -0.2) is 16.0 Å². The minimum Gasteiger partial charge on any atom is -0.268 e. The van der Waals surface area contributed by atoms with E-state index >= 15 is 0 Å². The van der Waals surface area contributed by atoms with Gasteiger partial charge in [-0.1, -0.05) is 76.6 Å². The first-order valence-corrected chi connectivity index (χ1v) is 8.96. The van der Waals surface area contributed by atoms with Crippen molar-refractivity contribution in [1.29, 1.82) is 0 Å². The van der Waals surface area contributed by atoms with E-state index in [1.807, 2.05) is 66.7 Å². The van der Waals surface area contributed by atoms with Gasteiger partial charge in [0.15, 0.2) is 0 Å². The van der Waals surface area contributed by atoms with Crippen molar-refractivity contribution >= 4 is 44.9 Å². The van der Waals surface area contributed by atoms with Crippen LogP contribution in [0.3, 0.4) is 0 Å². The quantitative estimate of drug-likeness (QED) is 0.662. The number of nitrogens with zero attached hydrogens (tertiary/aromatic N) is 1. The lowest BCUT2D eigenvalue weighted by molar-refractivity contribution is -0.123. The highest BCUT2D eigenvalue weighted by Crippen LogP contribution is 2.33. The Morgan fingerprint density at radius 3 is 2.29 bits per heavy atom. The van der Waals surface area contributed by atoms with Crippen molar-refractivity contribution < 1.29 is 9.59 Å². The van der Waals surface area contributed by atoms with E-state index in [1.54, 1.807) is 6.08 Å². The Labute approximate surface area is 153 Å². The highest BCUT2D eigenvalue weighted by Gasteiger charge is 2.34. The summed E-state index contributed by atoms with van der Waals surface area (Å²) in [7, 11) is 0. The molecule has 1 fully saturated rings. The molecule has 2 aromatic carbocycles. The Kier molecular flexibility index (Phi) is 5.33. The molecule has 5 heteroatoms. The van der Waals surface area contributed by atoms with Gasteiger partial charge in [-0.15, -0.1) is 0 Å². The van der Waals surface area contributed by atoms with Crippen molar-refractivity contribution in [3.63, 3.8) is 0 Å². The number of amides is 2. The molecule has 120 valence electrons. The molecule has 2 amide bonds. The fraction of sp³-hybridized carbons (Fsp3) is 0.0526. The number of rotatable bonds is 4. The first-order valence-electron chi connectivity index (χ1n) is 7.35. The molecule has 0 N–H and O–H groups in total. The maximum Gasteiger partial charge on any atom is 0.293 e. The number of hydrogen-bond donors (Lipinski definition) is 0. The van der Waals surface area contributed by atoms with Crippen molar-refractivity contribution in [2.75, 3.05) is 0 Å². The standard InChI is InChI=1S/C19H14BrNO2S/c20-16(11-14-7-3-1-4-8-14)12-17-18(22)21(19(23)24-17)13-15-9-5-2-6-10-15/h1-12H,13H2/b16-11-,17-12-. The summed E-state index contributed by atoms with van der Waals surface area (Å²) < 4.78 is 0.749. The molecule has 1 aliphatic heterocycles. The number of carbonyl (C=O) groups excluding carboxylic acids is 2. The van der Waals surface area contributed by atoms with Crippen LogP contribution in [-0.2, 0) is 11.3 Å². The van der Waals surface area contributed by atoms with E-state index in [9.17, 15) is 9.59 Å². The monoisotopic (exact) mass is 399 g/mol. The maximum atomic E-state index is 12.5. The van der Waals surface area contributed by atoms with E-state index in [0.29, 0.717) is 11.4 Å². The molecule has 0 atom stereocenters. The lowest BCUT2D eigenvalue weighted by atomic mass is 10.2. The number of thioether (sulfide) groups is 1. The zero-order valence-corrected chi connectivity index (χ0v) is 15.1. The smallest absolute Gasteiger partial charge is 0.268 e. The molecule has 3 rings (SSSR count). The summed E-state index contributed by atoms with van der Waals surface area (Å²) in [6, 6.07) is 19.3. The van der Waals surface area contributed by atoms with Gasteiger partial charge in [-0.25, -0.2) is 0 Å². The zero-order valence-electron chi connectivity index (χ0n) is 12.7. The summed E-state index contributed by atoms with van der Waals surface area (Å²) in [5, 5.41) is -0.241. The van der Waals surface area contributed by atoms with Crippen LogP contribution in [0.4, 0.5) is 4.79 Å². The lowest BCUT2D eigenvalue weighted by Gasteiger charge is -2.12. The summed E-state index contributed by atoms with van der Waals surface area (Å²) in [6.07, 6.45) is 3.61. The average Bonchev–Trinajstić information content (AvgIpc) is 2.84. The molecule has 2 aromatic rings. The van der Waals surface area contributed by atoms with Crippen molar-refractivity contribution in [3.8, 4) is 0 Å². The number of allylic oxidation sites excluding steroid dienone is 2. The number of halogens is 1. The minimum absolute atomic E-state index is 0.241. The Bertz CT molecular complexity index is 816. The average molecular weight is 400 g/mol. The highest BCUT2D eigenvalue weighted by atomic mass is 79.9. The summed E-state index contributed by atoms with van der Waals surface area (Å²) >= 11 is 4.42. The van der Waals surface area contributed by atoms with Crippen LogP contribution in [0.2, 0.25) is 0 Å². The first-order chi connectivity index (χ1) is 11.6. The van der Waals surface area contributed by atoms with Crippen LogP contribution >= 0.6 is 27.7 Å². The van der Waals surface area contributed by atoms with Gasteiger partial charge >= 0.3 is 0 Å². The van der Waals surface area contributed by atoms with Crippen LogP contribution in [0.5, 0.6) is 0 Å². The first kappa shape index (κ1) is 16.7. The molecule has 0 saturated carbocycles. The number of imide groups is 1. The van der Waals surface area contributed by atoms with Crippen LogP contribution in [0.1, 0.15) is 11.1 Å². The third-order valence-electron chi connectivity index (χ3n) is 3.43. The van der Waals surface area contributed by atoms with Gasteiger partial charge in [-0.2, -0.15) is 0 Å². The Balaban J connectivity index is 1.77. The van der Waals surface area contributed by atoms with E-state index in [-0.39, 0.29) is 11.1 Å². The predicted molar refractivity (Wildman–Crippen MR) is 101 cm³/mol. The molecule has 1 heterocycles. The van der Waals surface area contributed by atoms with Crippen LogP contribution in [0.25, 0.3) is 6.08 Å². The summed E-state index contributed by atoms with van der Waals surface area (Å²) in [5.41, 5.74) is 1.95. The van der Waals surface area contributed by atoms with Crippen molar-refractivity contribution in [2.24, 2.45) is 0 Å². The van der Waals surface area contributed by atoms with Gasteiger partial charge in [0.25, 0.3) is 11.1 Å².